The van der Waals surface area contributed by atoms with Gasteiger partial charge in [-0.1, -0.05) is 35.0 Å². The van der Waals surface area contributed by atoms with Crippen LogP contribution in [0.3, 0.4) is 0 Å². The van der Waals surface area contributed by atoms with E-state index in [-0.39, 0.29) is 11.9 Å². The number of aromatic nitrogens is 5. The third-order valence-corrected chi connectivity index (χ3v) is 4.90. The predicted octanol–water partition coefficient (Wildman–Crippen LogP) is 2.68. The van der Waals surface area contributed by atoms with Crippen molar-refractivity contribution in [2.75, 3.05) is 13.1 Å². The van der Waals surface area contributed by atoms with Gasteiger partial charge in [0.25, 0.3) is 11.8 Å². The third kappa shape index (κ3) is 3.60. The molecule has 8 nitrogen and oxygen atoms in total. The van der Waals surface area contributed by atoms with Crippen LogP contribution in [0.4, 0.5) is 0 Å². The standard InChI is InChI=1S/C19H22N6O2/c1-3-17-20-18(27-22-17)16-12-25(23-21-16)15-7-9-24(10-8-15)19(26)14-6-4-5-13(2)11-14/h4-6,11-12,15H,3,7-10H2,1-2H3. The van der Waals surface area contributed by atoms with E-state index in [2.05, 4.69) is 20.5 Å². The highest BCUT2D eigenvalue weighted by Crippen LogP contribution is 2.24. The Morgan fingerprint density at radius 3 is 2.81 bits per heavy atom. The molecule has 1 amide bonds. The summed E-state index contributed by atoms with van der Waals surface area (Å²) in [5, 5.41) is 12.3. The van der Waals surface area contributed by atoms with E-state index in [1.807, 2.05) is 53.9 Å². The molecule has 1 aromatic carbocycles. The van der Waals surface area contributed by atoms with Gasteiger partial charge in [0.15, 0.2) is 11.5 Å². The summed E-state index contributed by atoms with van der Waals surface area (Å²) >= 11 is 0. The summed E-state index contributed by atoms with van der Waals surface area (Å²) in [4.78, 5) is 18.9. The molecule has 4 rings (SSSR count). The quantitative estimate of drug-likeness (QED) is 0.705. The molecule has 1 saturated heterocycles. The smallest absolute Gasteiger partial charge is 0.280 e. The van der Waals surface area contributed by atoms with Crippen molar-refractivity contribution in [1.82, 2.24) is 30.0 Å². The molecule has 0 aliphatic carbocycles. The number of hydrogen-bond donors (Lipinski definition) is 0. The first-order valence-corrected chi connectivity index (χ1v) is 9.24. The molecule has 3 heterocycles. The van der Waals surface area contributed by atoms with Gasteiger partial charge in [-0.05, 0) is 31.9 Å². The number of amides is 1. The maximum absolute atomic E-state index is 12.7. The van der Waals surface area contributed by atoms with Crippen molar-refractivity contribution in [2.45, 2.75) is 39.2 Å². The van der Waals surface area contributed by atoms with Crippen LogP contribution in [0.25, 0.3) is 11.6 Å². The number of benzene rings is 1. The zero-order valence-corrected chi connectivity index (χ0v) is 15.5. The summed E-state index contributed by atoms with van der Waals surface area (Å²) in [6, 6.07) is 7.94. The van der Waals surface area contributed by atoms with Crippen LogP contribution in [-0.2, 0) is 6.42 Å². The predicted molar refractivity (Wildman–Crippen MR) is 98.0 cm³/mol. The minimum Gasteiger partial charge on any atom is -0.338 e. The largest absolute Gasteiger partial charge is 0.338 e. The van der Waals surface area contributed by atoms with E-state index in [0.717, 1.165) is 24.0 Å². The summed E-state index contributed by atoms with van der Waals surface area (Å²) in [6.45, 7) is 5.37. The van der Waals surface area contributed by atoms with Crippen LogP contribution in [-0.4, -0.2) is 49.0 Å². The third-order valence-electron chi connectivity index (χ3n) is 4.90. The lowest BCUT2D eigenvalue weighted by atomic mass is 10.0. The molecule has 3 aromatic rings. The second-order valence-corrected chi connectivity index (χ2v) is 6.85. The monoisotopic (exact) mass is 366 g/mol. The first-order valence-electron chi connectivity index (χ1n) is 9.24. The Hall–Kier alpha value is -3.03. The van der Waals surface area contributed by atoms with Crippen LogP contribution < -0.4 is 0 Å². The van der Waals surface area contributed by atoms with Crippen molar-refractivity contribution in [1.29, 1.82) is 0 Å². The highest BCUT2D eigenvalue weighted by molar-refractivity contribution is 5.94. The van der Waals surface area contributed by atoms with Crippen LogP contribution in [0.2, 0.25) is 0 Å². The first kappa shape index (κ1) is 17.4. The molecule has 1 aliphatic rings. The van der Waals surface area contributed by atoms with E-state index < -0.39 is 0 Å². The summed E-state index contributed by atoms with van der Waals surface area (Å²) < 4.78 is 7.07. The Morgan fingerprint density at radius 2 is 2.11 bits per heavy atom. The van der Waals surface area contributed by atoms with Crippen LogP contribution in [0.5, 0.6) is 0 Å². The van der Waals surface area contributed by atoms with Crippen molar-refractivity contribution in [3.8, 4) is 11.6 Å². The van der Waals surface area contributed by atoms with Crippen molar-refractivity contribution in [2.24, 2.45) is 0 Å². The lowest BCUT2D eigenvalue weighted by molar-refractivity contribution is 0.0689. The fourth-order valence-corrected chi connectivity index (χ4v) is 3.35. The van der Waals surface area contributed by atoms with Gasteiger partial charge in [-0.15, -0.1) is 5.10 Å². The molecule has 1 aliphatic heterocycles. The SMILES string of the molecule is CCc1noc(-c2cn(C3CCN(C(=O)c4cccc(C)c4)CC3)nn2)n1. The van der Waals surface area contributed by atoms with Gasteiger partial charge in [-0.3, -0.25) is 4.79 Å². The maximum atomic E-state index is 12.7. The van der Waals surface area contributed by atoms with Gasteiger partial charge in [-0.2, -0.15) is 4.98 Å². The molecule has 0 spiro atoms. The van der Waals surface area contributed by atoms with E-state index >= 15 is 0 Å². The van der Waals surface area contributed by atoms with Crippen LogP contribution in [0, 0.1) is 6.92 Å². The fraction of sp³-hybridized carbons (Fsp3) is 0.421. The highest BCUT2D eigenvalue weighted by Gasteiger charge is 2.26. The van der Waals surface area contributed by atoms with Crippen LogP contribution in [0.15, 0.2) is 35.0 Å². The van der Waals surface area contributed by atoms with Crippen molar-refractivity contribution >= 4 is 5.91 Å². The van der Waals surface area contributed by atoms with E-state index in [1.165, 1.54) is 0 Å². The minimum absolute atomic E-state index is 0.0920. The number of piperidine rings is 1. The van der Waals surface area contributed by atoms with Gasteiger partial charge in [0, 0.05) is 25.1 Å². The average Bonchev–Trinajstić information content (AvgIpc) is 3.37. The number of hydrogen-bond acceptors (Lipinski definition) is 6. The molecule has 0 bridgehead atoms. The Morgan fingerprint density at radius 1 is 1.30 bits per heavy atom. The molecule has 0 atom stereocenters. The van der Waals surface area contributed by atoms with E-state index in [1.54, 1.807) is 0 Å². The number of carbonyl (C=O) groups is 1. The Bertz CT molecular complexity index is 939. The summed E-state index contributed by atoms with van der Waals surface area (Å²) in [6.07, 6.45) is 4.23. The fourth-order valence-electron chi connectivity index (χ4n) is 3.35. The molecule has 0 saturated carbocycles. The number of rotatable bonds is 4. The van der Waals surface area contributed by atoms with Crippen LogP contribution in [0.1, 0.15) is 47.6 Å². The molecule has 140 valence electrons. The molecule has 8 heteroatoms. The normalized spacial score (nSPS) is 15.3. The summed E-state index contributed by atoms with van der Waals surface area (Å²) in [5.41, 5.74) is 2.43. The molecule has 0 N–H and O–H groups in total. The lowest BCUT2D eigenvalue weighted by Crippen LogP contribution is -2.39. The topological polar surface area (TPSA) is 89.9 Å². The molecular weight excluding hydrogens is 344 g/mol. The van der Waals surface area contributed by atoms with E-state index in [0.29, 0.717) is 36.9 Å². The van der Waals surface area contributed by atoms with Gasteiger partial charge in [0.2, 0.25) is 0 Å². The Kier molecular flexibility index (Phi) is 4.70. The zero-order valence-electron chi connectivity index (χ0n) is 15.5. The average molecular weight is 366 g/mol. The molecular formula is C19H22N6O2. The van der Waals surface area contributed by atoms with E-state index in [4.69, 9.17) is 4.52 Å². The number of carbonyl (C=O) groups excluding carboxylic acids is 1. The second-order valence-electron chi connectivity index (χ2n) is 6.85. The second kappa shape index (κ2) is 7.30. The van der Waals surface area contributed by atoms with Gasteiger partial charge in [0.1, 0.15) is 0 Å². The first-order chi connectivity index (χ1) is 13.1. The van der Waals surface area contributed by atoms with Crippen molar-refractivity contribution < 1.29 is 9.32 Å². The van der Waals surface area contributed by atoms with Gasteiger partial charge in [0.05, 0.1) is 12.2 Å². The lowest BCUT2D eigenvalue weighted by Gasteiger charge is -2.32. The van der Waals surface area contributed by atoms with Crippen molar-refractivity contribution in [3.05, 3.63) is 47.4 Å². The Balaban J connectivity index is 1.40. The highest BCUT2D eigenvalue weighted by atomic mass is 16.5. The van der Waals surface area contributed by atoms with Gasteiger partial charge in [-0.25, -0.2) is 4.68 Å². The number of aryl methyl sites for hydroxylation is 2. The molecule has 1 fully saturated rings. The Labute approximate surface area is 157 Å². The molecule has 27 heavy (non-hydrogen) atoms. The van der Waals surface area contributed by atoms with Crippen LogP contribution >= 0.6 is 0 Å². The van der Waals surface area contributed by atoms with Gasteiger partial charge < -0.3 is 9.42 Å². The maximum Gasteiger partial charge on any atom is 0.280 e. The molecule has 0 unspecified atom stereocenters. The van der Waals surface area contributed by atoms with Gasteiger partial charge >= 0.3 is 0 Å². The zero-order chi connectivity index (χ0) is 18.8. The molecule has 0 radical (unpaired) electrons. The van der Waals surface area contributed by atoms with E-state index in [9.17, 15) is 4.79 Å². The number of nitrogens with zero attached hydrogens (tertiary/aromatic N) is 6. The summed E-state index contributed by atoms with van der Waals surface area (Å²) in [7, 11) is 0. The number of likely N-dealkylation sites (tertiary alicyclic amines) is 1. The summed E-state index contributed by atoms with van der Waals surface area (Å²) in [5.74, 6) is 1.14. The minimum atomic E-state index is 0.0920. The van der Waals surface area contributed by atoms with Crippen molar-refractivity contribution in [3.63, 3.8) is 0 Å². The molecule has 2 aromatic heterocycles.